The Morgan fingerprint density at radius 2 is 2.17 bits per heavy atom. The monoisotopic (exact) mass is 442 g/mol. The normalized spacial score (nSPS) is 19.5. The molecule has 0 radical (unpaired) electrons. The number of ether oxygens (including phenoxy) is 2. The minimum Gasteiger partial charge on any atom is -0.383 e. The molecule has 2 unspecified atom stereocenters. The molecule has 0 saturated carbocycles. The molecule has 7 nitrogen and oxygen atoms in total. The Hall–Kier alpha value is -0.610. The molecule has 1 aliphatic heterocycles. The number of carbonyl (C=O) groups is 1. The summed E-state index contributed by atoms with van der Waals surface area (Å²) in [6.45, 7) is 4.22. The lowest BCUT2D eigenvalue weighted by molar-refractivity contribution is -0.127. The van der Waals surface area contributed by atoms with Gasteiger partial charge in [0, 0.05) is 40.4 Å². The number of aliphatic imine (C=N–C) groups is 1. The molecule has 0 aromatic heterocycles. The molecular formula is C15H31IN4O3. The highest BCUT2D eigenvalue weighted by Gasteiger charge is 2.15. The highest BCUT2D eigenvalue weighted by molar-refractivity contribution is 14.0. The molecule has 1 fully saturated rings. The van der Waals surface area contributed by atoms with E-state index in [9.17, 15) is 4.79 Å². The summed E-state index contributed by atoms with van der Waals surface area (Å²) in [4.78, 5) is 17.6. The standard InChI is InChI=1S/C15H30N4O3.HI/c1-12(11-21-4)18-15(17-10-14(20)19(2)3)16-9-13-7-5-6-8-22-13;/h12-13H,5-11H2,1-4H3,(H2,16,17,18);1H. The van der Waals surface area contributed by atoms with Crippen LogP contribution in [0, 0.1) is 0 Å². The van der Waals surface area contributed by atoms with E-state index in [1.54, 1.807) is 21.2 Å². The summed E-state index contributed by atoms with van der Waals surface area (Å²) in [5.41, 5.74) is 0. The number of carbonyl (C=O) groups excluding carboxylic acids is 1. The highest BCUT2D eigenvalue weighted by Crippen LogP contribution is 2.11. The number of guanidine groups is 1. The lowest BCUT2D eigenvalue weighted by Crippen LogP contribution is -2.47. The number of hydrogen-bond donors (Lipinski definition) is 2. The Bertz CT molecular complexity index is 361. The van der Waals surface area contributed by atoms with Gasteiger partial charge in [0.1, 0.15) is 6.54 Å². The van der Waals surface area contributed by atoms with Gasteiger partial charge in [0.15, 0.2) is 5.96 Å². The summed E-state index contributed by atoms with van der Waals surface area (Å²) >= 11 is 0. The highest BCUT2D eigenvalue weighted by atomic mass is 127. The van der Waals surface area contributed by atoms with E-state index in [1.807, 2.05) is 6.92 Å². The van der Waals surface area contributed by atoms with Crippen LogP contribution >= 0.6 is 24.0 Å². The quantitative estimate of drug-likeness (QED) is 0.347. The maximum Gasteiger partial charge on any atom is 0.243 e. The second-order valence-corrected chi connectivity index (χ2v) is 5.82. The van der Waals surface area contributed by atoms with E-state index in [2.05, 4.69) is 15.6 Å². The van der Waals surface area contributed by atoms with Crippen molar-refractivity contribution < 1.29 is 14.3 Å². The largest absolute Gasteiger partial charge is 0.383 e. The summed E-state index contributed by atoms with van der Waals surface area (Å²) in [6, 6.07) is 0.109. The van der Waals surface area contributed by atoms with Gasteiger partial charge in [-0.1, -0.05) is 0 Å². The number of halogens is 1. The number of nitrogens with zero attached hydrogens (tertiary/aromatic N) is 2. The second-order valence-electron chi connectivity index (χ2n) is 5.82. The fourth-order valence-corrected chi connectivity index (χ4v) is 2.14. The van der Waals surface area contributed by atoms with Gasteiger partial charge in [-0.3, -0.25) is 4.79 Å². The van der Waals surface area contributed by atoms with Crippen molar-refractivity contribution in [1.29, 1.82) is 0 Å². The number of rotatable bonds is 7. The van der Waals surface area contributed by atoms with Crippen molar-refractivity contribution >= 4 is 35.8 Å². The Labute approximate surface area is 156 Å². The van der Waals surface area contributed by atoms with Crippen LogP contribution in [0.1, 0.15) is 26.2 Å². The van der Waals surface area contributed by atoms with Gasteiger partial charge in [0.25, 0.3) is 0 Å². The lowest BCUT2D eigenvalue weighted by Gasteiger charge is -2.25. The van der Waals surface area contributed by atoms with Crippen molar-refractivity contribution in [3.63, 3.8) is 0 Å². The van der Waals surface area contributed by atoms with Crippen LogP contribution in [0.5, 0.6) is 0 Å². The van der Waals surface area contributed by atoms with Crippen LogP contribution in [-0.4, -0.2) is 76.4 Å². The summed E-state index contributed by atoms with van der Waals surface area (Å²) in [5.74, 6) is 0.586. The van der Waals surface area contributed by atoms with Crippen LogP contribution in [0.3, 0.4) is 0 Å². The molecule has 0 aromatic rings. The molecule has 2 N–H and O–H groups in total. The first-order valence-corrected chi connectivity index (χ1v) is 7.88. The SMILES string of the molecule is COCC(C)NC(=NCC(=O)N(C)C)NCC1CCCCO1.I. The zero-order chi connectivity index (χ0) is 16.4. The molecule has 1 amide bonds. The van der Waals surface area contributed by atoms with E-state index >= 15 is 0 Å². The minimum atomic E-state index is -0.0330. The number of hydrogen-bond acceptors (Lipinski definition) is 4. The van der Waals surface area contributed by atoms with Crippen molar-refractivity contribution in [2.75, 3.05) is 47.5 Å². The van der Waals surface area contributed by atoms with E-state index in [1.165, 1.54) is 11.3 Å². The van der Waals surface area contributed by atoms with Crippen LogP contribution in [0.25, 0.3) is 0 Å². The maximum absolute atomic E-state index is 11.7. The Morgan fingerprint density at radius 1 is 1.43 bits per heavy atom. The summed E-state index contributed by atoms with van der Waals surface area (Å²) < 4.78 is 10.8. The van der Waals surface area contributed by atoms with Crippen LogP contribution in [0.4, 0.5) is 0 Å². The van der Waals surface area contributed by atoms with Gasteiger partial charge in [-0.15, -0.1) is 24.0 Å². The van der Waals surface area contributed by atoms with E-state index in [0.717, 1.165) is 19.4 Å². The first-order chi connectivity index (χ1) is 10.5. The third-order valence-electron chi connectivity index (χ3n) is 3.44. The zero-order valence-corrected chi connectivity index (χ0v) is 17.0. The van der Waals surface area contributed by atoms with Gasteiger partial charge in [-0.05, 0) is 26.2 Å². The van der Waals surface area contributed by atoms with Crippen LogP contribution in [-0.2, 0) is 14.3 Å². The topological polar surface area (TPSA) is 75.2 Å². The van der Waals surface area contributed by atoms with Gasteiger partial charge < -0.3 is 25.0 Å². The fraction of sp³-hybridized carbons (Fsp3) is 0.867. The van der Waals surface area contributed by atoms with E-state index < -0.39 is 0 Å². The Balaban J connectivity index is 0.00000484. The van der Waals surface area contributed by atoms with E-state index in [-0.39, 0.29) is 48.6 Å². The fourth-order valence-electron chi connectivity index (χ4n) is 2.14. The van der Waals surface area contributed by atoms with Crippen molar-refractivity contribution in [1.82, 2.24) is 15.5 Å². The Kier molecular flexibility index (Phi) is 12.4. The summed E-state index contributed by atoms with van der Waals surface area (Å²) in [5, 5.41) is 6.50. The molecule has 0 aromatic carbocycles. The third-order valence-corrected chi connectivity index (χ3v) is 3.44. The van der Waals surface area contributed by atoms with E-state index in [0.29, 0.717) is 19.1 Å². The zero-order valence-electron chi connectivity index (χ0n) is 14.6. The second kappa shape index (κ2) is 12.8. The van der Waals surface area contributed by atoms with Gasteiger partial charge >= 0.3 is 0 Å². The van der Waals surface area contributed by atoms with E-state index in [4.69, 9.17) is 9.47 Å². The van der Waals surface area contributed by atoms with Crippen LogP contribution < -0.4 is 10.6 Å². The van der Waals surface area contributed by atoms with Crippen molar-refractivity contribution in [2.24, 2.45) is 4.99 Å². The average molecular weight is 442 g/mol. The molecule has 136 valence electrons. The molecular weight excluding hydrogens is 411 g/mol. The van der Waals surface area contributed by atoms with Crippen molar-refractivity contribution in [3.05, 3.63) is 0 Å². The maximum atomic E-state index is 11.7. The smallest absolute Gasteiger partial charge is 0.243 e. The third kappa shape index (κ3) is 9.98. The molecule has 2 atom stereocenters. The number of nitrogens with one attached hydrogen (secondary N) is 2. The van der Waals surface area contributed by atoms with Crippen LogP contribution in [0.15, 0.2) is 4.99 Å². The molecule has 0 bridgehead atoms. The number of amides is 1. The van der Waals surface area contributed by atoms with Gasteiger partial charge in [0.2, 0.25) is 5.91 Å². The van der Waals surface area contributed by atoms with Crippen molar-refractivity contribution in [3.8, 4) is 0 Å². The summed E-state index contributed by atoms with van der Waals surface area (Å²) in [7, 11) is 5.11. The first kappa shape index (κ1) is 22.4. The number of likely N-dealkylation sites (N-methyl/N-ethyl adjacent to an activating group) is 1. The summed E-state index contributed by atoms with van der Waals surface area (Å²) in [6.07, 6.45) is 3.61. The minimum absolute atomic E-state index is 0. The molecule has 1 rings (SSSR count). The van der Waals surface area contributed by atoms with Crippen LogP contribution in [0.2, 0.25) is 0 Å². The Morgan fingerprint density at radius 3 is 2.74 bits per heavy atom. The lowest BCUT2D eigenvalue weighted by atomic mass is 10.1. The molecule has 1 aliphatic rings. The molecule has 1 saturated heterocycles. The number of methoxy groups -OCH3 is 1. The van der Waals surface area contributed by atoms with Gasteiger partial charge in [0.05, 0.1) is 12.7 Å². The predicted octanol–water partition coefficient (Wildman–Crippen LogP) is 0.832. The molecule has 23 heavy (non-hydrogen) atoms. The van der Waals surface area contributed by atoms with Gasteiger partial charge in [-0.25, -0.2) is 4.99 Å². The molecule has 1 heterocycles. The van der Waals surface area contributed by atoms with Crippen molar-refractivity contribution in [2.45, 2.75) is 38.3 Å². The molecule has 0 aliphatic carbocycles. The molecule has 8 heteroatoms. The molecule has 0 spiro atoms. The van der Waals surface area contributed by atoms with Gasteiger partial charge in [-0.2, -0.15) is 0 Å². The average Bonchev–Trinajstić information content (AvgIpc) is 2.50. The predicted molar refractivity (Wildman–Crippen MR) is 102 cm³/mol. The first-order valence-electron chi connectivity index (χ1n) is 7.88.